The van der Waals surface area contributed by atoms with Crippen LogP contribution in [-0.4, -0.2) is 41.7 Å². The van der Waals surface area contributed by atoms with Gasteiger partial charge >= 0.3 is 0 Å². The quantitative estimate of drug-likeness (QED) is 0.325. The van der Waals surface area contributed by atoms with Gasteiger partial charge < -0.3 is 0 Å². The number of hydrogen-bond acceptors (Lipinski definition) is 7. The van der Waals surface area contributed by atoms with Crippen LogP contribution in [0.25, 0.3) is 10.2 Å². The van der Waals surface area contributed by atoms with E-state index in [1.165, 1.54) is 27.0 Å². The van der Waals surface area contributed by atoms with Crippen LogP contribution in [0.3, 0.4) is 0 Å². The van der Waals surface area contributed by atoms with Gasteiger partial charge in [-0.1, -0.05) is 35.1 Å². The van der Waals surface area contributed by atoms with E-state index in [1.807, 2.05) is 37.3 Å². The van der Waals surface area contributed by atoms with E-state index in [9.17, 15) is 13.2 Å². The van der Waals surface area contributed by atoms with Gasteiger partial charge in [-0.15, -0.1) is 11.3 Å². The highest BCUT2D eigenvalue weighted by atomic mass is 35.5. The molecule has 0 atom stereocenters. The Bertz CT molecular complexity index is 1450. The van der Waals surface area contributed by atoms with E-state index in [1.54, 1.807) is 28.6 Å². The Morgan fingerprint density at radius 2 is 2.00 bits per heavy atom. The number of piperidine rings is 1. The molecule has 0 bridgehead atoms. The van der Waals surface area contributed by atoms with Gasteiger partial charge in [-0.25, -0.2) is 13.4 Å². The number of hydrogen-bond donors (Lipinski definition) is 0. The molecule has 1 aliphatic rings. The number of pyridine rings is 1. The van der Waals surface area contributed by atoms with Gasteiger partial charge in [0.2, 0.25) is 5.91 Å². The molecule has 1 saturated heterocycles. The van der Waals surface area contributed by atoms with Gasteiger partial charge in [0.05, 0.1) is 22.5 Å². The first kappa shape index (κ1) is 24.3. The summed E-state index contributed by atoms with van der Waals surface area (Å²) < 4.78 is 28.5. The average molecular weight is 547 g/mol. The number of amides is 1. The van der Waals surface area contributed by atoms with E-state index in [2.05, 4.69) is 4.98 Å². The lowest BCUT2D eigenvalue weighted by atomic mass is 9.96. The van der Waals surface area contributed by atoms with Crippen LogP contribution in [0.5, 0.6) is 0 Å². The Morgan fingerprint density at radius 1 is 1.20 bits per heavy atom. The van der Waals surface area contributed by atoms with Gasteiger partial charge in [0.1, 0.15) is 4.21 Å². The van der Waals surface area contributed by atoms with E-state index >= 15 is 0 Å². The maximum atomic E-state index is 13.8. The second-order valence-corrected chi connectivity index (χ2v) is 13.0. The highest BCUT2D eigenvalue weighted by Gasteiger charge is 2.35. The molecule has 7 nitrogen and oxygen atoms in total. The van der Waals surface area contributed by atoms with Crippen molar-refractivity contribution in [2.24, 2.45) is 5.92 Å². The zero-order valence-electron chi connectivity index (χ0n) is 18.9. The predicted molar refractivity (Wildman–Crippen MR) is 141 cm³/mol. The van der Waals surface area contributed by atoms with E-state index in [0.29, 0.717) is 46.8 Å². The molecule has 1 amide bonds. The first-order valence-electron chi connectivity index (χ1n) is 11.1. The molecule has 1 aromatic carbocycles. The molecule has 0 saturated carbocycles. The number of benzene rings is 1. The fourth-order valence-corrected chi connectivity index (χ4v) is 8.29. The van der Waals surface area contributed by atoms with E-state index in [4.69, 9.17) is 16.6 Å². The standard InChI is InChI=1S/C24H23ClN4O3S3/c1-16-13-18(25)14-20-22(16)27-24(34-20)29(15-19-5-2-3-9-26-19)23(30)17-7-10-28(11-8-17)35(31,32)21-6-4-12-33-21/h2-6,9,12-14,17H,7-8,10-11,15H2,1H3. The van der Waals surface area contributed by atoms with Crippen molar-refractivity contribution in [2.75, 3.05) is 18.0 Å². The van der Waals surface area contributed by atoms with Crippen molar-refractivity contribution in [3.05, 3.63) is 70.3 Å². The number of thiophene rings is 1. The van der Waals surface area contributed by atoms with Crippen molar-refractivity contribution in [2.45, 2.75) is 30.5 Å². The first-order valence-corrected chi connectivity index (χ1v) is 14.7. The van der Waals surface area contributed by atoms with Crippen molar-refractivity contribution >= 4 is 65.6 Å². The number of carbonyl (C=O) groups excluding carboxylic acids is 1. The maximum absolute atomic E-state index is 13.8. The number of rotatable bonds is 6. The van der Waals surface area contributed by atoms with Gasteiger partial charge in [-0.3, -0.25) is 14.7 Å². The Hall–Kier alpha value is -2.37. The number of carbonyl (C=O) groups is 1. The van der Waals surface area contributed by atoms with Crippen molar-refractivity contribution in [3.8, 4) is 0 Å². The monoisotopic (exact) mass is 546 g/mol. The largest absolute Gasteiger partial charge is 0.282 e. The molecule has 182 valence electrons. The number of halogens is 1. The summed E-state index contributed by atoms with van der Waals surface area (Å²) >= 11 is 8.88. The Balaban J connectivity index is 1.40. The van der Waals surface area contributed by atoms with Gasteiger partial charge in [0.25, 0.3) is 10.0 Å². The summed E-state index contributed by atoms with van der Waals surface area (Å²) in [7, 11) is -3.52. The Kier molecular flexibility index (Phi) is 6.91. The summed E-state index contributed by atoms with van der Waals surface area (Å²) in [4.78, 5) is 24.7. The van der Waals surface area contributed by atoms with Gasteiger partial charge in [0.15, 0.2) is 5.13 Å². The molecule has 0 aliphatic carbocycles. The third-order valence-electron chi connectivity index (χ3n) is 6.07. The average Bonchev–Trinajstić information content (AvgIpc) is 3.54. The van der Waals surface area contributed by atoms with Crippen molar-refractivity contribution in [3.63, 3.8) is 0 Å². The Morgan fingerprint density at radius 3 is 2.69 bits per heavy atom. The lowest BCUT2D eigenvalue weighted by Gasteiger charge is -2.32. The molecule has 0 unspecified atom stereocenters. The number of aromatic nitrogens is 2. The summed E-state index contributed by atoms with van der Waals surface area (Å²) in [5.74, 6) is -0.364. The molecule has 1 fully saturated rings. The third kappa shape index (κ3) is 4.99. The minimum Gasteiger partial charge on any atom is -0.282 e. The van der Waals surface area contributed by atoms with E-state index in [0.717, 1.165) is 21.5 Å². The molecule has 0 radical (unpaired) electrons. The number of aryl methyl sites for hydroxylation is 1. The van der Waals surface area contributed by atoms with Crippen LogP contribution in [0.4, 0.5) is 5.13 Å². The molecule has 0 spiro atoms. The number of sulfonamides is 1. The molecule has 4 aromatic rings. The topological polar surface area (TPSA) is 83.5 Å². The zero-order valence-corrected chi connectivity index (χ0v) is 22.1. The summed E-state index contributed by atoms with van der Waals surface area (Å²) in [5, 5.41) is 2.98. The molecule has 11 heteroatoms. The Labute approximate surface area is 217 Å². The van der Waals surface area contributed by atoms with Crippen molar-refractivity contribution < 1.29 is 13.2 Å². The van der Waals surface area contributed by atoms with Crippen LogP contribution in [0.15, 0.2) is 58.3 Å². The predicted octanol–water partition coefficient (Wildman–Crippen LogP) is 5.35. The molecule has 4 heterocycles. The minimum absolute atomic E-state index is 0.0633. The maximum Gasteiger partial charge on any atom is 0.252 e. The van der Waals surface area contributed by atoms with Crippen LogP contribution < -0.4 is 4.90 Å². The molecule has 5 rings (SSSR count). The number of anilines is 1. The molecule has 35 heavy (non-hydrogen) atoms. The second kappa shape index (κ2) is 9.94. The van der Waals surface area contributed by atoms with Crippen LogP contribution in [0.1, 0.15) is 24.1 Å². The van der Waals surface area contributed by atoms with Crippen molar-refractivity contribution in [1.29, 1.82) is 0 Å². The fourth-order valence-electron chi connectivity index (χ4n) is 4.25. The van der Waals surface area contributed by atoms with E-state index in [-0.39, 0.29) is 11.8 Å². The van der Waals surface area contributed by atoms with Crippen molar-refractivity contribution in [1.82, 2.24) is 14.3 Å². The van der Waals surface area contributed by atoms with Crippen LogP contribution in [0, 0.1) is 12.8 Å². The zero-order chi connectivity index (χ0) is 24.6. The molecular formula is C24H23ClN4O3S3. The fraction of sp³-hybridized carbons (Fsp3) is 0.292. The number of nitrogens with zero attached hydrogens (tertiary/aromatic N) is 4. The normalized spacial score (nSPS) is 15.5. The highest BCUT2D eigenvalue weighted by Crippen LogP contribution is 2.35. The third-order valence-corrected chi connectivity index (χ3v) is 10.6. The van der Waals surface area contributed by atoms with Crippen LogP contribution in [-0.2, 0) is 21.4 Å². The summed E-state index contributed by atoms with van der Waals surface area (Å²) in [6.45, 7) is 2.86. The summed E-state index contributed by atoms with van der Waals surface area (Å²) in [6.07, 6.45) is 2.62. The van der Waals surface area contributed by atoms with E-state index < -0.39 is 10.0 Å². The summed E-state index contributed by atoms with van der Waals surface area (Å²) in [6, 6.07) is 12.7. The number of thiazole rings is 1. The smallest absolute Gasteiger partial charge is 0.252 e. The first-order chi connectivity index (χ1) is 16.8. The molecule has 0 N–H and O–H groups in total. The molecule has 1 aliphatic heterocycles. The lowest BCUT2D eigenvalue weighted by Crippen LogP contribution is -2.44. The molecule has 3 aromatic heterocycles. The number of fused-ring (bicyclic) bond motifs is 1. The molecular weight excluding hydrogens is 524 g/mol. The van der Waals surface area contributed by atoms with Gasteiger partial charge in [-0.05, 0) is 61.0 Å². The second-order valence-electron chi connectivity index (χ2n) is 8.42. The van der Waals surface area contributed by atoms with Crippen LogP contribution >= 0.6 is 34.3 Å². The van der Waals surface area contributed by atoms with Crippen LogP contribution in [0.2, 0.25) is 5.02 Å². The van der Waals surface area contributed by atoms with Gasteiger partial charge in [0, 0.05) is 30.2 Å². The minimum atomic E-state index is -3.52. The SMILES string of the molecule is Cc1cc(Cl)cc2sc(N(Cc3ccccn3)C(=O)C3CCN(S(=O)(=O)c4cccs4)CC3)nc12. The summed E-state index contributed by atoms with van der Waals surface area (Å²) in [5.41, 5.74) is 2.53. The highest BCUT2D eigenvalue weighted by molar-refractivity contribution is 7.91. The lowest BCUT2D eigenvalue weighted by molar-refractivity contribution is -0.123. The van der Waals surface area contributed by atoms with Gasteiger partial charge in [-0.2, -0.15) is 4.31 Å².